The number of aromatic carboxylic acids is 1. The Morgan fingerprint density at radius 3 is 2.27 bits per heavy atom. The Labute approximate surface area is 190 Å². The molecule has 1 aliphatic carbocycles. The summed E-state index contributed by atoms with van der Waals surface area (Å²) in [6, 6.07) is 15.1. The number of nitrogens with one attached hydrogen (secondary N) is 2. The molecule has 33 heavy (non-hydrogen) atoms. The van der Waals surface area contributed by atoms with Crippen molar-refractivity contribution in [2.75, 3.05) is 11.9 Å². The second kappa shape index (κ2) is 9.15. The molecule has 3 N–H and O–H groups in total. The first-order valence-corrected chi connectivity index (χ1v) is 10.6. The number of rotatable bonds is 7. The average molecular weight is 448 g/mol. The smallest absolute Gasteiger partial charge is 0.407 e. The molecule has 0 unspecified atom stereocenters. The van der Waals surface area contributed by atoms with Crippen molar-refractivity contribution in [2.45, 2.75) is 25.3 Å². The number of amides is 2. The third-order valence-electron chi connectivity index (χ3n) is 5.66. The maximum Gasteiger partial charge on any atom is 0.407 e. The van der Waals surface area contributed by atoms with E-state index in [4.69, 9.17) is 4.74 Å². The lowest BCUT2D eigenvalue weighted by Gasteiger charge is -2.18. The summed E-state index contributed by atoms with van der Waals surface area (Å²) in [5, 5.41) is 18.2. The van der Waals surface area contributed by atoms with Crippen LogP contribution in [0.15, 0.2) is 54.7 Å². The van der Waals surface area contributed by atoms with E-state index >= 15 is 0 Å². The summed E-state index contributed by atoms with van der Waals surface area (Å²) >= 11 is 0. The molecule has 3 aromatic rings. The van der Waals surface area contributed by atoms with Gasteiger partial charge in [0.25, 0.3) is 0 Å². The standard InChI is InChI=1S/C24H24N4O5/c1-3-20(22(29)26-21-18(23(30)31)12-28(2)27-21)25-24(32)33-13-19-16-10-6-4-8-14(16)15-9-5-7-11-17(15)19/h4-12,19-20H,3,13H2,1-2H3,(H,25,32)(H,30,31)(H,26,27,29)/t20-/m1/s1. The van der Waals surface area contributed by atoms with Crippen LogP contribution in [0.1, 0.15) is 40.7 Å². The molecule has 0 saturated heterocycles. The second-order valence-corrected chi connectivity index (χ2v) is 7.79. The highest BCUT2D eigenvalue weighted by molar-refractivity contribution is 6.01. The van der Waals surface area contributed by atoms with Crippen molar-refractivity contribution in [3.63, 3.8) is 0 Å². The van der Waals surface area contributed by atoms with Gasteiger partial charge in [-0.2, -0.15) is 5.10 Å². The van der Waals surface area contributed by atoms with E-state index in [1.807, 2.05) is 36.4 Å². The maximum atomic E-state index is 12.6. The highest BCUT2D eigenvalue weighted by atomic mass is 16.5. The Morgan fingerprint density at radius 1 is 1.09 bits per heavy atom. The average Bonchev–Trinajstić information content (AvgIpc) is 3.33. The van der Waals surface area contributed by atoms with Gasteiger partial charge in [0, 0.05) is 19.2 Å². The van der Waals surface area contributed by atoms with Crippen LogP contribution < -0.4 is 10.6 Å². The number of hydrogen-bond donors (Lipinski definition) is 3. The zero-order valence-corrected chi connectivity index (χ0v) is 18.2. The monoisotopic (exact) mass is 448 g/mol. The second-order valence-electron chi connectivity index (χ2n) is 7.79. The molecular formula is C24H24N4O5. The van der Waals surface area contributed by atoms with E-state index in [9.17, 15) is 19.5 Å². The summed E-state index contributed by atoms with van der Waals surface area (Å²) in [4.78, 5) is 36.5. The zero-order valence-electron chi connectivity index (χ0n) is 18.2. The van der Waals surface area contributed by atoms with Crippen molar-refractivity contribution in [3.8, 4) is 11.1 Å². The third-order valence-corrected chi connectivity index (χ3v) is 5.66. The summed E-state index contributed by atoms with van der Waals surface area (Å²) in [6.07, 6.45) is 0.849. The lowest BCUT2D eigenvalue weighted by Crippen LogP contribution is -2.44. The topological polar surface area (TPSA) is 123 Å². The normalized spacial score (nSPS) is 13.0. The maximum absolute atomic E-state index is 12.6. The van der Waals surface area contributed by atoms with Gasteiger partial charge >= 0.3 is 12.1 Å². The lowest BCUT2D eigenvalue weighted by atomic mass is 9.98. The number of nitrogens with zero attached hydrogens (tertiary/aromatic N) is 2. The van der Waals surface area contributed by atoms with Crippen LogP contribution in [0.3, 0.4) is 0 Å². The van der Waals surface area contributed by atoms with Crippen molar-refractivity contribution in [1.29, 1.82) is 0 Å². The van der Waals surface area contributed by atoms with Crippen molar-refractivity contribution in [2.24, 2.45) is 7.05 Å². The summed E-state index contributed by atoms with van der Waals surface area (Å²) in [5.41, 5.74) is 4.29. The van der Waals surface area contributed by atoms with Gasteiger partial charge in [0.05, 0.1) is 0 Å². The van der Waals surface area contributed by atoms with E-state index in [1.165, 1.54) is 10.9 Å². The lowest BCUT2D eigenvalue weighted by molar-refractivity contribution is -0.118. The van der Waals surface area contributed by atoms with Crippen LogP contribution >= 0.6 is 0 Å². The van der Waals surface area contributed by atoms with Gasteiger partial charge in [-0.3, -0.25) is 9.48 Å². The number of hydrogen-bond acceptors (Lipinski definition) is 5. The first-order chi connectivity index (χ1) is 15.9. The van der Waals surface area contributed by atoms with E-state index in [0.29, 0.717) is 0 Å². The highest BCUT2D eigenvalue weighted by Crippen LogP contribution is 2.44. The molecule has 0 bridgehead atoms. The quantitative estimate of drug-likeness (QED) is 0.509. The fourth-order valence-electron chi connectivity index (χ4n) is 4.08. The minimum absolute atomic E-state index is 0.0808. The number of anilines is 1. The summed E-state index contributed by atoms with van der Waals surface area (Å²) in [6.45, 7) is 1.85. The fourth-order valence-corrected chi connectivity index (χ4v) is 4.08. The number of carbonyl (C=O) groups excluding carboxylic acids is 2. The van der Waals surface area contributed by atoms with Gasteiger partial charge in [0.2, 0.25) is 5.91 Å². The molecule has 0 spiro atoms. The number of benzene rings is 2. The number of aryl methyl sites for hydroxylation is 1. The van der Waals surface area contributed by atoms with Gasteiger partial charge in [-0.15, -0.1) is 0 Å². The number of alkyl carbamates (subject to hydrolysis) is 1. The number of carboxylic acids is 1. The predicted molar refractivity (Wildman–Crippen MR) is 121 cm³/mol. The van der Waals surface area contributed by atoms with Crippen molar-refractivity contribution in [1.82, 2.24) is 15.1 Å². The molecule has 9 nitrogen and oxygen atoms in total. The molecule has 1 aliphatic rings. The van der Waals surface area contributed by atoms with Crippen LogP contribution in [0, 0.1) is 0 Å². The molecule has 1 aromatic heterocycles. The van der Waals surface area contributed by atoms with Gasteiger partial charge in [-0.1, -0.05) is 55.5 Å². The van der Waals surface area contributed by atoms with Crippen LogP contribution in [-0.2, 0) is 16.6 Å². The zero-order chi connectivity index (χ0) is 23.5. The van der Waals surface area contributed by atoms with Gasteiger partial charge in [-0.05, 0) is 28.7 Å². The molecule has 1 atom stereocenters. The molecule has 0 radical (unpaired) electrons. The molecule has 0 fully saturated rings. The SMILES string of the molecule is CC[C@@H](NC(=O)OCC1c2ccccc2-c2ccccc21)C(=O)Nc1nn(C)cc1C(=O)O. The van der Waals surface area contributed by atoms with E-state index in [-0.39, 0.29) is 30.3 Å². The van der Waals surface area contributed by atoms with E-state index < -0.39 is 24.0 Å². The number of carbonyl (C=O) groups is 3. The van der Waals surface area contributed by atoms with E-state index in [0.717, 1.165) is 22.3 Å². The van der Waals surface area contributed by atoms with E-state index in [2.05, 4.69) is 27.9 Å². The summed E-state index contributed by atoms with van der Waals surface area (Å²) < 4.78 is 6.79. The van der Waals surface area contributed by atoms with Gasteiger partial charge in [0.15, 0.2) is 5.82 Å². The minimum Gasteiger partial charge on any atom is -0.477 e. The molecule has 170 valence electrons. The largest absolute Gasteiger partial charge is 0.477 e. The van der Waals surface area contributed by atoms with Crippen LogP contribution in [0.2, 0.25) is 0 Å². The van der Waals surface area contributed by atoms with Crippen LogP contribution in [0.5, 0.6) is 0 Å². The Balaban J connectivity index is 1.40. The Kier molecular flexibility index (Phi) is 6.12. The molecule has 2 amide bonds. The Bertz CT molecular complexity index is 1170. The predicted octanol–water partition coefficient (Wildman–Crippen LogP) is 3.37. The van der Waals surface area contributed by atoms with Crippen molar-refractivity contribution in [3.05, 3.63) is 71.4 Å². The van der Waals surface area contributed by atoms with Crippen molar-refractivity contribution >= 4 is 23.8 Å². The first-order valence-electron chi connectivity index (χ1n) is 10.6. The molecular weight excluding hydrogens is 424 g/mol. The minimum atomic E-state index is -1.21. The fraction of sp³-hybridized carbons (Fsp3) is 0.250. The Morgan fingerprint density at radius 2 is 1.70 bits per heavy atom. The first kappa shape index (κ1) is 22.1. The molecule has 2 aromatic carbocycles. The van der Waals surface area contributed by atoms with Gasteiger partial charge in [0.1, 0.15) is 18.2 Å². The molecule has 0 saturated carbocycles. The Hall–Kier alpha value is -4.14. The number of ether oxygens (including phenoxy) is 1. The number of aromatic nitrogens is 2. The van der Waals surface area contributed by atoms with Crippen molar-refractivity contribution < 1.29 is 24.2 Å². The van der Waals surface area contributed by atoms with Crippen LogP contribution in [-0.4, -0.2) is 45.5 Å². The number of carboxylic acid groups (broad SMARTS) is 1. The summed E-state index contributed by atoms with van der Waals surface area (Å²) in [7, 11) is 1.55. The number of fused-ring (bicyclic) bond motifs is 3. The van der Waals surface area contributed by atoms with Gasteiger partial charge < -0.3 is 20.5 Å². The van der Waals surface area contributed by atoms with Gasteiger partial charge in [-0.25, -0.2) is 9.59 Å². The molecule has 4 rings (SSSR count). The summed E-state index contributed by atoms with van der Waals surface area (Å²) in [5.74, 6) is -1.96. The molecule has 0 aliphatic heterocycles. The van der Waals surface area contributed by atoms with E-state index in [1.54, 1.807) is 14.0 Å². The highest BCUT2D eigenvalue weighted by Gasteiger charge is 2.30. The van der Waals surface area contributed by atoms with Crippen LogP contribution in [0.25, 0.3) is 11.1 Å². The molecule has 9 heteroatoms. The molecule has 1 heterocycles. The third kappa shape index (κ3) is 4.43. The van der Waals surface area contributed by atoms with Crippen LogP contribution in [0.4, 0.5) is 10.6 Å².